The second-order valence-electron chi connectivity index (χ2n) is 6.54. The predicted octanol–water partition coefficient (Wildman–Crippen LogP) is 2.84. The van der Waals surface area contributed by atoms with E-state index in [0.717, 1.165) is 12.1 Å². The van der Waals surface area contributed by atoms with Crippen molar-refractivity contribution in [3.05, 3.63) is 35.4 Å². The van der Waals surface area contributed by atoms with Crippen LogP contribution in [0, 0.1) is 17.0 Å². The number of carbonyl (C=O) groups is 2. The first kappa shape index (κ1) is 19.2. The Labute approximate surface area is 134 Å². The van der Waals surface area contributed by atoms with Crippen molar-refractivity contribution in [1.82, 2.24) is 5.32 Å². The van der Waals surface area contributed by atoms with Crippen molar-refractivity contribution in [2.75, 3.05) is 6.54 Å². The SMILES string of the molecule is CC(O)CC(C)(C)CNC(=O)CCC(=O)c1ccc(F)cc1F. The predicted molar refractivity (Wildman–Crippen MR) is 83.0 cm³/mol. The molecule has 0 aliphatic heterocycles. The van der Waals surface area contributed by atoms with E-state index >= 15 is 0 Å². The first-order valence-corrected chi connectivity index (χ1v) is 7.54. The normalized spacial score (nSPS) is 12.8. The molecule has 1 rings (SSSR count). The summed E-state index contributed by atoms with van der Waals surface area (Å²) in [7, 11) is 0. The molecule has 0 saturated carbocycles. The molecule has 0 radical (unpaired) electrons. The summed E-state index contributed by atoms with van der Waals surface area (Å²) in [6, 6.07) is 2.73. The molecule has 0 aliphatic rings. The molecule has 0 bridgehead atoms. The van der Waals surface area contributed by atoms with Crippen LogP contribution in [0.4, 0.5) is 8.78 Å². The van der Waals surface area contributed by atoms with Gasteiger partial charge in [0.05, 0.1) is 11.7 Å². The van der Waals surface area contributed by atoms with Crippen molar-refractivity contribution in [1.29, 1.82) is 0 Å². The highest BCUT2D eigenvalue weighted by molar-refractivity contribution is 5.98. The highest BCUT2D eigenvalue weighted by Crippen LogP contribution is 2.21. The van der Waals surface area contributed by atoms with Gasteiger partial charge in [0.15, 0.2) is 5.78 Å². The molecule has 0 aromatic heterocycles. The van der Waals surface area contributed by atoms with Crippen molar-refractivity contribution >= 4 is 11.7 Å². The summed E-state index contributed by atoms with van der Waals surface area (Å²) in [5.41, 5.74) is -0.481. The molecule has 1 amide bonds. The summed E-state index contributed by atoms with van der Waals surface area (Å²) in [5, 5.41) is 12.1. The lowest BCUT2D eigenvalue weighted by molar-refractivity contribution is -0.121. The standard InChI is InChI=1S/C17H23F2NO3/c1-11(21)9-17(2,3)10-20-16(23)7-6-15(22)13-5-4-12(18)8-14(13)19/h4-5,8,11,21H,6-7,9-10H2,1-3H3,(H,20,23). The van der Waals surface area contributed by atoms with Crippen molar-refractivity contribution < 1.29 is 23.5 Å². The monoisotopic (exact) mass is 327 g/mol. The highest BCUT2D eigenvalue weighted by Gasteiger charge is 2.21. The van der Waals surface area contributed by atoms with Crippen LogP contribution in [-0.4, -0.2) is 29.4 Å². The summed E-state index contributed by atoms with van der Waals surface area (Å²) in [6.45, 7) is 5.88. The quantitative estimate of drug-likeness (QED) is 0.722. The van der Waals surface area contributed by atoms with Gasteiger partial charge in [-0.05, 0) is 30.9 Å². The van der Waals surface area contributed by atoms with Gasteiger partial charge in [-0.3, -0.25) is 9.59 Å². The number of amides is 1. The second-order valence-corrected chi connectivity index (χ2v) is 6.54. The van der Waals surface area contributed by atoms with E-state index in [-0.39, 0.29) is 29.7 Å². The van der Waals surface area contributed by atoms with E-state index in [1.807, 2.05) is 13.8 Å². The Morgan fingerprint density at radius 2 is 1.91 bits per heavy atom. The van der Waals surface area contributed by atoms with Gasteiger partial charge in [-0.25, -0.2) is 8.78 Å². The fraction of sp³-hybridized carbons (Fsp3) is 0.529. The molecule has 1 aromatic carbocycles. The lowest BCUT2D eigenvalue weighted by atomic mass is 9.87. The van der Waals surface area contributed by atoms with Crippen LogP contribution >= 0.6 is 0 Å². The minimum Gasteiger partial charge on any atom is -0.393 e. The molecule has 0 aliphatic carbocycles. The summed E-state index contributed by atoms with van der Waals surface area (Å²) >= 11 is 0. The third kappa shape index (κ3) is 6.86. The Kier molecular flexibility index (Phi) is 6.81. The van der Waals surface area contributed by atoms with Gasteiger partial charge in [0.25, 0.3) is 0 Å². The van der Waals surface area contributed by atoms with Crippen molar-refractivity contribution in [2.24, 2.45) is 5.41 Å². The smallest absolute Gasteiger partial charge is 0.220 e. The third-order valence-corrected chi connectivity index (χ3v) is 3.42. The van der Waals surface area contributed by atoms with Gasteiger partial charge in [0, 0.05) is 25.5 Å². The summed E-state index contributed by atoms with van der Waals surface area (Å²) < 4.78 is 26.3. The van der Waals surface area contributed by atoms with Crippen LogP contribution in [-0.2, 0) is 4.79 Å². The molecule has 0 spiro atoms. The number of nitrogens with one attached hydrogen (secondary N) is 1. The zero-order valence-electron chi connectivity index (χ0n) is 13.7. The molecule has 128 valence electrons. The Morgan fingerprint density at radius 3 is 2.48 bits per heavy atom. The zero-order valence-corrected chi connectivity index (χ0v) is 13.7. The van der Waals surface area contributed by atoms with Gasteiger partial charge in [-0.1, -0.05) is 13.8 Å². The summed E-state index contributed by atoms with van der Waals surface area (Å²) in [6.07, 6.45) is -0.150. The number of aliphatic hydroxyl groups is 1. The Bertz CT molecular complexity index is 571. The van der Waals surface area contributed by atoms with Crippen LogP contribution in [0.3, 0.4) is 0 Å². The molecule has 1 unspecified atom stereocenters. The van der Waals surface area contributed by atoms with E-state index in [0.29, 0.717) is 19.0 Å². The number of hydrogen-bond donors (Lipinski definition) is 2. The van der Waals surface area contributed by atoms with Crippen molar-refractivity contribution in [3.8, 4) is 0 Å². The van der Waals surface area contributed by atoms with Crippen LogP contribution in [0.15, 0.2) is 18.2 Å². The molecule has 1 aromatic rings. The van der Waals surface area contributed by atoms with Crippen LogP contribution in [0.1, 0.15) is 50.4 Å². The zero-order chi connectivity index (χ0) is 17.6. The van der Waals surface area contributed by atoms with Crippen LogP contribution < -0.4 is 5.32 Å². The van der Waals surface area contributed by atoms with Crippen molar-refractivity contribution in [3.63, 3.8) is 0 Å². The molecule has 0 fully saturated rings. The molecule has 2 N–H and O–H groups in total. The first-order valence-electron chi connectivity index (χ1n) is 7.54. The summed E-state index contributed by atoms with van der Waals surface area (Å²) in [4.78, 5) is 23.6. The van der Waals surface area contributed by atoms with Crippen LogP contribution in [0.25, 0.3) is 0 Å². The third-order valence-electron chi connectivity index (χ3n) is 3.42. The molecular formula is C17H23F2NO3. The fourth-order valence-electron chi connectivity index (χ4n) is 2.38. The average Bonchev–Trinajstić information content (AvgIpc) is 2.41. The van der Waals surface area contributed by atoms with Gasteiger partial charge in [0.1, 0.15) is 11.6 Å². The molecule has 1 atom stereocenters. The lowest BCUT2D eigenvalue weighted by Gasteiger charge is -2.26. The molecule has 0 heterocycles. The van der Waals surface area contributed by atoms with Gasteiger partial charge in [-0.2, -0.15) is 0 Å². The highest BCUT2D eigenvalue weighted by atomic mass is 19.1. The minimum absolute atomic E-state index is 0.0690. The largest absolute Gasteiger partial charge is 0.393 e. The maximum Gasteiger partial charge on any atom is 0.220 e. The number of Topliss-reactive ketones (excluding diaryl/α,β-unsaturated/α-hetero) is 1. The van der Waals surface area contributed by atoms with E-state index in [4.69, 9.17) is 0 Å². The number of hydrogen-bond acceptors (Lipinski definition) is 3. The van der Waals surface area contributed by atoms with E-state index in [1.54, 1.807) is 6.92 Å². The number of benzene rings is 1. The maximum atomic E-state index is 13.5. The van der Waals surface area contributed by atoms with Gasteiger partial charge in [0.2, 0.25) is 5.91 Å². The topological polar surface area (TPSA) is 66.4 Å². The Balaban J connectivity index is 2.45. The van der Waals surface area contributed by atoms with Gasteiger partial charge in [-0.15, -0.1) is 0 Å². The number of rotatable bonds is 8. The fourth-order valence-corrected chi connectivity index (χ4v) is 2.38. The van der Waals surface area contributed by atoms with Gasteiger partial charge >= 0.3 is 0 Å². The molecule has 6 heteroatoms. The minimum atomic E-state index is -0.923. The average molecular weight is 327 g/mol. The van der Waals surface area contributed by atoms with E-state index < -0.39 is 23.5 Å². The molecule has 0 saturated heterocycles. The lowest BCUT2D eigenvalue weighted by Crippen LogP contribution is -2.35. The van der Waals surface area contributed by atoms with E-state index in [1.165, 1.54) is 0 Å². The number of ketones is 1. The molecule has 23 heavy (non-hydrogen) atoms. The van der Waals surface area contributed by atoms with E-state index in [9.17, 15) is 23.5 Å². The van der Waals surface area contributed by atoms with Crippen molar-refractivity contribution in [2.45, 2.75) is 46.1 Å². The number of carbonyl (C=O) groups excluding carboxylic acids is 2. The first-order chi connectivity index (χ1) is 10.6. The molecular weight excluding hydrogens is 304 g/mol. The number of aliphatic hydroxyl groups excluding tert-OH is 1. The van der Waals surface area contributed by atoms with E-state index in [2.05, 4.69) is 5.32 Å². The number of halogens is 2. The maximum absolute atomic E-state index is 13.5. The second kappa shape index (κ2) is 8.15. The van der Waals surface area contributed by atoms with Crippen LogP contribution in [0.2, 0.25) is 0 Å². The Hall–Kier alpha value is -1.82. The van der Waals surface area contributed by atoms with Gasteiger partial charge < -0.3 is 10.4 Å². The van der Waals surface area contributed by atoms with Crippen LogP contribution in [0.5, 0.6) is 0 Å². The summed E-state index contributed by atoms with van der Waals surface area (Å²) in [5.74, 6) is -2.54. The Morgan fingerprint density at radius 1 is 1.26 bits per heavy atom. The molecule has 4 nitrogen and oxygen atoms in total.